The third-order valence-electron chi connectivity index (χ3n) is 2.75. The Kier molecular flexibility index (Phi) is 3.32. The van der Waals surface area contributed by atoms with Crippen molar-refractivity contribution < 1.29 is 12.8 Å². The van der Waals surface area contributed by atoms with E-state index in [0.717, 1.165) is 19.3 Å². The number of piperidine rings is 1. The minimum Gasteiger partial charge on any atom is -0.447 e. The molecule has 0 atom stereocenters. The van der Waals surface area contributed by atoms with Gasteiger partial charge in [-0.25, -0.2) is 8.42 Å². The molecule has 1 saturated heterocycles. The summed E-state index contributed by atoms with van der Waals surface area (Å²) in [5.41, 5.74) is 5.38. The first kappa shape index (κ1) is 11.6. The third-order valence-corrected chi connectivity index (χ3v) is 4.52. The maximum Gasteiger partial charge on any atom is 0.276 e. The Hall–Kier alpha value is -0.850. The molecule has 1 aliphatic rings. The molecule has 0 aromatic carbocycles. The smallest absolute Gasteiger partial charge is 0.276 e. The summed E-state index contributed by atoms with van der Waals surface area (Å²) >= 11 is 0. The molecule has 1 fully saturated rings. The molecular formula is C10H16N2O3S. The SMILES string of the molecule is NCc1ccc(S(=O)(=O)N2CCCCC2)o1. The molecule has 0 amide bonds. The van der Waals surface area contributed by atoms with Gasteiger partial charge in [0.25, 0.3) is 10.0 Å². The Morgan fingerprint density at radius 3 is 2.50 bits per heavy atom. The highest BCUT2D eigenvalue weighted by Gasteiger charge is 2.28. The van der Waals surface area contributed by atoms with E-state index in [1.165, 1.54) is 10.4 Å². The second-order valence-corrected chi connectivity index (χ2v) is 5.76. The van der Waals surface area contributed by atoms with Crippen molar-refractivity contribution in [2.45, 2.75) is 30.9 Å². The molecular weight excluding hydrogens is 228 g/mol. The molecule has 1 aromatic heterocycles. The number of sulfonamides is 1. The Bertz CT molecular complexity index is 446. The molecule has 0 aliphatic carbocycles. The molecule has 6 heteroatoms. The largest absolute Gasteiger partial charge is 0.447 e. The Labute approximate surface area is 95.3 Å². The molecule has 0 radical (unpaired) electrons. The molecule has 1 aromatic rings. The van der Waals surface area contributed by atoms with Gasteiger partial charge in [-0.2, -0.15) is 4.31 Å². The molecule has 5 nitrogen and oxygen atoms in total. The monoisotopic (exact) mass is 244 g/mol. The average molecular weight is 244 g/mol. The van der Waals surface area contributed by atoms with Crippen LogP contribution in [0, 0.1) is 0 Å². The van der Waals surface area contributed by atoms with E-state index in [4.69, 9.17) is 10.2 Å². The number of hydrogen-bond acceptors (Lipinski definition) is 4. The molecule has 2 rings (SSSR count). The summed E-state index contributed by atoms with van der Waals surface area (Å²) in [6.07, 6.45) is 2.94. The summed E-state index contributed by atoms with van der Waals surface area (Å²) in [5.74, 6) is 0.496. The normalized spacial score (nSPS) is 18.8. The van der Waals surface area contributed by atoms with Gasteiger partial charge in [0.05, 0.1) is 6.54 Å². The van der Waals surface area contributed by atoms with Crippen molar-refractivity contribution in [3.63, 3.8) is 0 Å². The summed E-state index contributed by atoms with van der Waals surface area (Å²) in [6.45, 7) is 1.39. The highest BCUT2D eigenvalue weighted by molar-refractivity contribution is 7.89. The van der Waals surface area contributed by atoms with Crippen molar-refractivity contribution in [3.05, 3.63) is 17.9 Å². The quantitative estimate of drug-likeness (QED) is 0.857. The highest BCUT2D eigenvalue weighted by Crippen LogP contribution is 2.22. The van der Waals surface area contributed by atoms with Gasteiger partial charge in [-0.1, -0.05) is 6.42 Å². The topological polar surface area (TPSA) is 76.5 Å². The summed E-state index contributed by atoms with van der Waals surface area (Å²) in [4.78, 5) is 0. The third kappa shape index (κ3) is 2.14. The first-order valence-corrected chi connectivity index (χ1v) is 6.87. The second-order valence-electron chi connectivity index (χ2n) is 3.89. The summed E-state index contributed by atoms with van der Waals surface area (Å²) in [7, 11) is -3.44. The lowest BCUT2D eigenvalue weighted by atomic mass is 10.2. The zero-order chi connectivity index (χ0) is 11.6. The van der Waals surface area contributed by atoms with Crippen LogP contribution < -0.4 is 5.73 Å². The van der Waals surface area contributed by atoms with E-state index in [0.29, 0.717) is 18.8 Å². The van der Waals surface area contributed by atoms with E-state index in [1.807, 2.05) is 0 Å². The van der Waals surface area contributed by atoms with Gasteiger partial charge in [0.1, 0.15) is 5.76 Å². The van der Waals surface area contributed by atoms with Gasteiger partial charge in [-0.05, 0) is 25.0 Å². The van der Waals surface area contributed by atoms with Gasteiger partial charge in [-0.3, -0.25) is 0 Å². The maximum atomic E-state index is 12.1. The van der Waals surface area contributed by atoms with Crippen LogP contribution in [0.4, 0.5) is 0 Å². The fraction of sp³-hybridized carbons (Fsp3) is 0.600. The average Bonchev–Trinajstić information content (AvgIpc) is 2.79. The number of nitrogens with zero attached hydrogens (tertiary/aromatic N) is 1. The van der Waals surface area contributed by atoms with Crippen LogP contribution in [0.5, 0.6) is 0 Å². The van der Waals surface area contributed by atoms with Crippen LogP contribution in [0.15, 0.2) is 21.6 Å². The predicted octanol–water partition coefficient (Wildman–Crippen LogP) is 0.913. The van der Waals surface area contributed by atoms with Crippen molar-refractivity contribution in [1.82, 2.24) is 4.31 Å². The van der Waals surface area contributed by atoms with Gasteiger partial charge >= 0.3 is 0 Å². The molecule has 2 N–H and O–H groups in total. The predicted molar refractivity (Wildman–Crippen MR) is 59.2 cm³/mol. The molecule has 0 unspecified atom stereocenters. The van der Waals surface area contributed by atoms with E-state index in [1.54, 1.807) is 6.07 Å². The molecule has 0 saturated carbocycles. The number of furan rings is 1. The molecule has 2 heterocycles. The Morgan fingerprint density at radius 2 is 1.94 bits per heavy atom. The lowest BCUT2D eigenvalue weighted by molar-refractivity contribution is 0.328. The minimum atomic E-state index is -3.44. The number of rotatable bonds is 3. The van der Waals surface area contributed by atoms with E-state index >= 15 is 0 Å². The van der Waals surface area contributed by atoms with Crippen LogP contribution in [0.3, 0.4) is 0 Å². The molecule has 16 heavy (non-hydrogen) atoms. The van der Waals surface area contributed by atoms with Gasteiger partial charge in [-0.15, -0.1) is 0 Å². The van der Waals surface area contributed by atoms with E-state index < -0.39 is 10.0 Å². The van der Waals surface area contributed by atoms with Crippen molar-refractivity contribution in [2.24, 2.45) is 5.73 Å². The lowest BCUT2D eigenvalue weighted by Gasteiger charge is -2.24. The van der Waals surface area contributed by atoms with Crippen LogP contribution >= 0.6 is 0 Å². The summed E-state index contributed by atoms with van der Waals surface area (Å²) < 4.78 is 30.9. The molecule has 0 spiro atoms. The fourth-order valence-electron chi connectivity index (χ4n) is 1.84. The van der Waals surface area contributed by atoms with E-state index in [2.05, 4.69) is 0 Å². The number of nitrogens with two attached hydrogens (primary N) is 1. The lowest BCUT2D eigenvalue weighted by Crippen LogP contribution is -2.35. The standard InChI is InChI=1S/C10H16N2O3S/c11-8-9-4-5-10(15-9)16(13,14)12-6-2-1-3-7-12/h4-5H,1-3,6-8,11H2. The van der Waals surface area contributed by atoms with Crippen LogP contribution in [-0.2, 0) is 16.6 Å². The van der Waals surface area contributed by atoms with Gasteiger partial charge in [0, 0.05) is 13.1 Å². The zero-order valence-corrected chi connectivity index (χ0v) is 9.87. The summed E-state index contributed by atoms with van der Waals surface area (Å²) in [5, 5.41) is 0.00912. The molecule has 90 valence electrons. The van der Waals surface area contributed by atoms with E-state index in [9.17, 15) is 8.42 Å². The van der Waals surface area contributed by atoms with Gasteiger partial charge in [0.15, 0.2) is 0 Å². The fourth-order valence-corrected chi connectivity index (χ4v) is 3.28. The van der Waals surface area contributed by atoms with Crippen LogP contribution in [-0.4, -0.2) is 25.8 Å². The minimum absolute atomic E-state index is 0.00912. The van der Waals surface area contributed by atoms with Crippen LogP contribution in [0.2, 0.25) is 0 Å². The first-order valence-electron chi connectivity index (χ1n) is 5.43. The Morgan fingerprint density at radius 1 is 1.25 bits per heavy atom. The maximum absolute atomic E-state index is 12.1. The second kappa shape index (κ2) is 4.57. The number of hydrogen-bond donors (Lipinski definition) is 1. The summed E-state index contributed by atoms with van der Waals surface area (Å²) in [6, 6.07) is 3.09. The zero-order valence-electron chi connectivity index (χ0n) is 9.05. The highest BCUT2D eigenvalue weighted by atomic mass is 32.2. The van der Waals surface area contributed by atoms with Crippen LogP contribution in [0.1, 0.15) is 25.0 Å². The van der Waals surface area contributed by atoms with Gasteiger partial charge in [0.2, 0.25) is 5.09 Å². The van der Waals surface area contributed by atoms with Crippen molar-refractivity contribution >= 4 is 10.0 Å². The first-order chi connectivity index (χ1) is 7.64. The van der Waals surface area contributed by atoms with Crippen molar-refractivity contribution in [1.29, 1.82) is 0 Å². The van der Waals surface area contributed by atoms with Gasteiger partial charge < -0.3 is 10.2 Å². The van der Waals surface area contributed by atoms with Crippen molar-refractivity contribution in [3.8, 4) is 0 Å². The van der Waals surface area contributed by atoms with E-state index in [-0.39, 0.29) is 11.6 Å². The Balaban J connectivity index is 2.23. The van der Waals surface area contributed by atoms with Crippen LogP contribution in [0.25, 0.3) is 0 Å². The molecule has 1 aliphatic heterocycles. The molecule has 0 bridgehead atoms. The van der Waals surface area contributed by atoms with Crippen molar-refractivity contribution in [2.75, 3.05) is 13.1 Å².